The fourth-order valence-corrected chi connectivity index (χ4v) is 4.51. The number of anilines is 1. The summed E-state index contributed by atoms with van der Waals surface area (Å²) in [5.41, 5.74) is 1.22. The number of benzene rings is 1. The molecule has 0 bridgehead atoms. The molecule has 1 saturated heterocycles. The minimum absolute atomic E-state index is 0.329. The second-order valence-electron chi connectivity index (χ2n) is 7.01. The highest BCUT2D eigenvalue weighted by atomic mass is 32.1. The summed E-state index contributed by atoms with van der Waals surface area (Å²) in [6, 6.07) is 17.1. The Morgan fingerprint density at radius 3 is 2.68 bits per heavy atom. The van der Waals surface area contributed by atoms with E-state index in [1.54, 1.807) is 0 Å². The van der Waals surface area contributed by atoms with Gasteiger partial charge in [-0.05, 0) is 30.7 Å². The predicted octanol–water partition coefficient (Wildman–Crippen LogP) is 3.92. The highest BCUT2D eigenvalue weighted by Gasteiger charge is 2.23. The predicted molar refractivity (Wildman–Crippen MR) is 114 cm³/mol. The van der Waals surface area contributed by atoms with Crippen LogP contribution < -0.4 is 5.32 Å². The molecule has 4 rings (SSSR count). The molecular formula is C22H26N4OS. The van der Waals surface area contributed by atoms with E-state index in [0.717, 1.165) is 50.9 Å². The number of aryl methyl sites for hydroxylation is 1. The maximum absolute atomic E-state index is 5.55. The molecule has 1 aromatic carbocycles. The van der Waals surface area contributed by atoms with E-state index >= 15 is 0 Å². The summed E-state index contributed by atoms with van der Waals surface area (Å²) >= 11 is 1.87. The molecule has 146 valence electrons. The molecule has 0 aliphatic carbocycles. The summed E-state index contributed by atoms with van der Waals surface area (Å²) in [5.74, 6) is 1.72. The van der Waals surface area contributed by atoms with Gasteiger partial charge in [-0.1, -0.05) is 30.3 Å². The van der Waals surface area contributed by atoms with Gasteiger partial charge in [-0.25, -0.2) is 9.97 Å². The van der Waals surface area contributed by atoms with Gasteiger partial charge in [-0.2, -0.15) is 0 Å². The van der Waals surface area contributed by atoms with Crippen molar-refractivity contribution in [3.8, 4) is 0 Å². The molecule has 2 aromatic heterocycles. The molecule has 3 heterocycles. The smallest absolute Gasteiger partial charge is 0.135 e. The number of rotatable bonds is 7. The van der Waals surface area contributed by atoms with Gasteiger partial charge in [0.1, 0.15) is 11.6 Å². The summed E-state index contributed by atoms with van der Waals surface area (Å²) in [6.07, 6.45) is 2.58. The van der Waals surface area contributed by atoms with Crippen molar-refractivity contribution < 1.29 is 4.74 Å². The van der Waals surface area contributed by atoms with Crippen molar-refractivity contribution in [2.75, 3.05) is 38.2 Å². The molecule has 1 fully saturated rings. The number of hydrogen-bond donors (Lipinski definition) is 1. The van der Waals surface area contributed by atoms with Gasteiger partial charge in [0.25, 0.3) is 0 Å². The molecule has 1 atom stereocenters. The first-order valence-electron chi connectivity index (χ1n) is 9.76. The van der Waals surface area contributed by atoms with Gasteiger partial charge in [0.05, 0.1) is 19.3 Å². The Morgan fingerprint density at radius 2 is 1.93 bits per heavy atom. The number of ether oxygens (including phenoxy) is 1. The number of morpholine rings is 1. The van der Waals surface area contributed by atoms with E-state index in [1.807, 2.05) is 41.8 Å². The number of hydrogen-bond acceptors (Lipinski definition) is 6. The van der Waals surface area contributed by atoms with Gasteiger partial charge in [0.2, 0.25) is 0 Å². The van der Waals surface area contributed by atoms with E-state index in [9.17, 15) is 0 Å². The van der Waals surface area contributed by atoms with Crippen molar-refractivity contribution in [2.45, 2.75) is 19.4 Å². The van der Waals surface area contributed by atoms with Crippen LogP contribution in [0.15, 0.2) is 54.7 Å². The molecule has 1 aliphatic rings. The Labute approximate surface area is 170 Å². The minimum Gasteiger partial charge on any atom is -0.379 e. The first kappa shape index (κ1) is 19.1. The summed E-state index contributed by atoms with van der Waals surface area (Å²) in [4.78, 5) is 14.4. The van der Waals surface area contributed by atoms with Crippen molar-refractivity contribution in [2.24, 2.45) is 0 Å². The Bertz CT molecular complexity index is 877. The summed E-state index contributed by atoms with van der Waals surface area (Å²) in [6.45, 7) is 6.52. The number of thiophene rings is 1. The van der Waals surface area contributed by atoms with Crippen LogP contribution in [0.25, 0.3) is 0 Å². The van der Waals surface area contributed by atoms with Gasteiger partial charge in [-0.3, -0.25) is 4.90 Å². The quantitative estimate of drug-likeness (QED) is 0.658. The van der Waals surface area contributed by atoms with Crippen LogP contribution >= 0.6 is 11.3 Å². The average molecular weight is 395 g/mol. The minimum atomic E-state index is 0.329. The monoisotopic (exact) mass is 394 g/mol. The zero-order valence-corrected chi connectivity index (χ0v) is 17.0. The Balaban J connectivity index is 1.45. The van der Waals surface area contributed by atoms with E-state index in [-0.39, 0.29) is 0 Å². The molecule has 1 N–H and O–H groups in total. The molecule has 0 saturated carbocycles. The van der Waals surface area contributed by atoms with Gasteiger partial charge < -0.3 is 10.1 Å². The average Bonchev–Trinajstić information content (AvgIpc) is 3.16. The first-order valence-corrected chi connectivity index (χ1v) is 10.6. The standard InChI is InChI=1S/C22H26N4OS/c1-17-7-8-20(28-17)19(26-11-13-27-14-12-26)16-24-21-9-10-23-22(25-21)15-18-5-3-2-4-6-18/h2-10,19H,11-16H2,1H3,(H,23,24,25). The molecule has 28 heavy (non-hydrogen) atoms. The molecule has 0 spiro atoms. The van der Waals surface area contributed by atoms with Crippen LogP contribution in [0.5, 0.6) is 0 Å². The van der Waals surface area contributed by atoms with E-state index < -0.39 is 0 Å². The zero-order valence-electron chi connectivity index (χ0n) is 16.2. The lowest BCUT2D eigenvalue weighted by Gasteiger charge is -2.34. The zero-order chi connectivity index (χ0) is 19.2. The third kappa shape index (κ3) is 4.95. The highest BCUT2D eigenvalue weighted by Crippen LogP contribution is 2.28. The molecule has 1 unspecified atom stereocenters. The van der Waals surface area contributed by atoms with Crippen LogP contribution in [0.1, 0.15) is 27.2 Å². The van der Waals surface area contributed by atoms with Crippen molar-refractivity contribution in [1.82, 2.24) is 14.9 Å². The summed E-state index contributed by atoms with van der Waals surface area (Å²) < 4.78 is 5.55. The normalized spacial score (nSPS) is 16.0. The third-order valence-electron chi connectivity index (χ3n) is 4.96. The molecule has 0 radical (unpaired) electrons. The number of nitrogens with one attached hydrogen (secondary N) is 1. The molecular weight excluding hydrogens is 368 g/mol. The number of nitrogens with zero attached hydrogens (tertiary/aromatic N) is 3. The second kappa shape index (κ2) is 9.28. The van der Waals surface area contributed by atoms with Crippen molar-refractivity contribution in [3.63, 3.8) is 0 Å². The fourth-order valence-electron chi connectivity index (χ4n) is 3.49. The Kier molecular flexibility index (Phi) is 6.31. The van der Waals surface area contributed by atoms with Crippen molar-refractivity contribution in [1.29, 1.82) is 0 Å². The van der Waals surface area contributed by atoms with E-state index in [4.69, 9.17) is 9.72 Å². The van der Waals surface area contributed by atoms with Crippen LogP contribution in [0.3, 0.4) is 0 Å². The topological polar surface area (TPSA) is 50.3 Å². The lowest BCUT2D eigenvalue weighted by atomic mass is 10.1. The Hall–Kier alpha value is -2.28. The molecule has 3 aromatic rings. The van der Waals surface area contributed by atoms with E-state index in [2.05, 4.69) is 46.4 Å². The first-order chi connectivity index (χ1) is 13.8. The van der Waals surface area contributed by atoms with E-state index in [1.165, 1.54) is 15.3 Å². The Morgan fingerprint density at radius 1 is 1.11 bits per heavy atom. The fraction of sp³-hybridized carbons (Fsp3) is 0.364. The molecule has 1 aliphatic heterocycles. The van der Waals surface area contributed by atoms with Gasteiger partial charge >= 0.3 is 0 Å². The summed E-state index contributed by atoms with van der Waals surface area (Å²) in [5, 5.41) is 3.55. The molecule has 5 nitrogen and oxygen atoms in total. The number of aromatic nitrogens is 2. The maximum Gasteiger partial charge on any atom is 0.135 e. The van der Waals surface area contributed by atoms with Gasteiger partial charge in [0.15, 0.2) is 0 Å². The van der Waals surface area contributed by atoms with Crippen LogP contribution in [0.2, 0.25) is 0 Å². The third-order valence-corrected chi connectivity index (χ3v) is 6.07. The second-order valence-corrected chi connectivity index (χ2v) is 8.33. The SMILES string of the molecule is Cc1ccc(C(CNc2ccnc(Cc3ccccc3)n2)N2CCOCC2)s1. The van der Waals surface area contributed by atoms with E-state index in [0.29, 0.717) is 6.04 Å². The van der Waals surface area contributed by atoms with Gasteiger partial charge in [-0.15, -0.1) is 11.3 Å². The van der Waals surface area contributed by atoms with Gasteiger partial charge in [0, 0.05) is 42.0 Å². The molecule has 6 heteroatoms. The van der Waals surface area contributed by atoms with Crippen molar-refractivity contribution in [3.05, 3.63) is 75.9 Å². The lowest BCUT2D eigenvalue weighted by molar-refractivity contribution is 0.0194. The lowest BCUT2D eigenvalue weighted by Crippen LogP contribution is -2.41. The van der Waals surface area contributed by atoms with Crippen LogP contribution in [-0.2, 0) is 11.2 Å². The molecule has 0 amide bonds. The highest BCUT2D eigenvalue weighted by molar-refractivity contribution is 7.12. The van der Waals surface area contributed by atoms with Crippen LogP contribution in [0, 0.1) is 6.92 Å². The maximum atomic E-state index is 5.55. The van der Waals surface area contributed by atoms with Crippen LogP contribution in [-0.4, -0.2) is 47.7 Å². The van der Waals surface area contributed by atoms with Crippen LogP contribution in [0.4, 0.5) is 5.82 Å². The van der Waals surface area contributed by atoms with Crippen molar-refractivity contribution >= 4 is 17.2 Å². The summed E-state index contributed by atoms with van der Waals surface area (Å²) in [7, 11) is 0. The largest absolute Gasteiger partial charge is 0.379 e.